The molecule has 0 saturated heterocycles. The Morgan fingerprint density at radius 1 is 1.38 bits per heavy atom. The molecular weight excluding hydrogens is 274 g/mol. The zero-order valence-electron chi connectivity index (χ0n) is 11.2. The molecule has 0 bridgehead atoms. The molecule has 2 rings (SSSR count). The largest absolute Gasteiger partial charge is 0.387 e. The fraction of sp³-hybridized carbons (Fsp3) is 0.154. The SMILES string of the molecule is CNc1ccc([N+](=O)[O-])cc1C(=O)NCc1cccnn1. The molecule has 0 spiro atoms. The molecule has 0 aliphatic heterocycles. The van der Waals surface area contributed by atoms with Crippen LogP contribution in [0.2, 0.25) is 0 Å². The van der Waals surface area contributed by atoms with Crippen molar-refractivity contribution in [3.63, 3.8) is 0 Å². The quantitative estimate of drug-likeness (QED) is 0.634. The lowest BCUT2D eigenvalue weighted by Crippen LogP contribution is -2.24. The molecule has 1 amide bonds. The smallest absolute Gasteiger partial charge is 0.270 e. The summed E-state index contributed by atoms with van der Waals surface area (Å²) in [4.78, 5) is 22.4. The molecule has 1 aromatic heterocycles. The molecule has 0 atom stereocenters. The van der Waals surface area contributed by atoms with Gasteiger partial charge in [0.2, 0.25) is 0 Å². The van der Waals surface area contributed by atoms with E-state index in [4.69, 9.17) is 0 Å². The van der Waals surface area contributed by atoms with Crippen LogP contribution in [0.1, 0.15) is 16.1 Å². The van der Waals surface area contributed by atoms with E-state index in [-0.39, 0.29) is 17.8 Å². The second kappa shape index (κ2) is 6.42. The van der Waals surface area contributed by atoms with Crippen molar-refractivity contribution in [2.45, 2.75) is 6.54 Å². The van der Waals surface area contributed by atoms with Gasteiger partial charge >= 0.3 is 0 Å². The highest BCUT2D eigenvalue weighted by Crippen LogP contribution is 2.21. The molecule has 21 heavy (non-hydrogen) atoms. The third kappa shape index (κ3) is 3.50. The predicted molar refractivity (Wildman–Crippen MR) is 75.8 cm³/mol. The van der Waals surface area contributed by atoms with Crippen molar-refractivity contribution in [3.05, 3.63) is 57.9 Å². The number of nitro groups is 1. The number of aromatic nitrogens is 2. The minimum atomic E-state index is -0.543. The maximum absolute atomic E-state index is 12.2. The fourth-order valence-electron chi connectivity index (χ4n) is 1.75. The summed E-state index contributed by atoms with van der Waals surface area (Å²) in [5, 5.41) is 23.8. The Labute approximate surface area is 120 Å². The average molecular weight is 287 g/mol. The maximum atomic E-state index is 12.2. The number of hydrogen-bond donors (Lipinski definition) is 2. The first-order valence-corrected chi connectivity index (χ1v) is 6.13. The molecule has 2 aromatic rings. The Morgan fingerprint density at radius 3 is 2.81 bits per heavy atom. The Balaban J connectivity index is 2.17. The first kappa shape index (κ1) is 14.4. The number of carbonyl (C=O) groups excluding carboxylic acids is 1. The number of non-ortho nitro benzene ring substituents is 1. The van der Waals surface area contributed by atoms with Gasteiger partial charge in [-0.2, -0.15) is 10.2 Å². The number of nitrogens with zero attached hydrogens (tertiary/aromatic N) is 3. The van der Waals surface area contributed by atoms with Crippen LogP contribution in [0.15, 0.2) is 36.5 Å². The van der Waals surface area contributed by atoms with Gasteiger partial charge in [0.25, 0.3) is 11.6 Å². The summed E-state index contributed by atoms with van der Waals surface area (Å²) in [7, 11) is 1.64. The highest BCUT2D eigenvalue weighted by molar-refractivity contribution is 6.00. The van der Waals surface area contributed by atoms with E-state index in [1.807, 2.05) is 0 Å². The summed E-state index contributed by atoms with van der Waals surface area (Å²) in [6.45, 7) is 0.193. The van der Waals surface area contributed by atoms with Gasteiger partial charge in [-0.1, -0.05) is 0 Å². The first-order chi connectivity index (χ1) is 10.1. The zero-order chi connectivity index (χ0) is 15.2. The van der Waals surface area contributed by atoms with Crippen LogP contribution in [0, 0.1) is 10.1 Å². The molecule has 0 fully saturated rings. The van der Waals surface area contributed by atoms with Gasteiger partial charge in [0, 0.05) is 31.1 Å². The van der Waals surface area contributed by atoms with Crippen molar-refractivity contribution in [1.82, 2.24) is 15.5 Å². The topological polar surface area (TPSA) is 110 Å². The van der Waals surface area contributed by atoms with Crippen molar-refractivity contribution < 1.29 is 9.72 Å². The summed E-state index contributed by atoms with van der Waals surface area (Å²) in [5.41, 5.74) is 1.17. The number of nitrogens with one attached hydrogen (secondary N) is 2. The lowest BCUT2D eigenvalue weighted by molar-refractivity contribution is -0.384. The van der Waals surface area contributed by atoms with Gasteiger partial charge in [-0.05, 0) is 18.2 Å². The van der Waals surface area contributed by atoms with Crippen LogP contribution in [-0.4, -0.2) is 28.1 Å². The Hall–Kier alpha value is -3.03. The standard InChI is InChI=1S/C13H13N5O3/c1-14-12-5-4-10(18(20)21)7-11(12)13(19)15-8-9-3-2-6-16-17-9/h2-7,14H,8H2,1H3,(H,15,19). The van der Waals surface area contributed by atoms with Crippen LogP contribution < -0.4 is 10.6 Å². The number of carbonyl (C=O) groups is 1. The second-order valence-electron chi connectivity index (χ2n) is 4.13. The van der Waals surface area contributed by atoms with Gasteiger partial charge in [0.15, 0.2) is 0 Å². The second-order valence-corrected chi connectivity index (χ2v) is 4.13. The van der Waals surface area contributed by atoms with E-state index in [2.05, 4.69) is 20.8 Å². The summed E-state index contributed by atoms with van der Waals surface area (Å²) >= 11 is 0. The molecular formula is C13H13N5O3. The van der Waals surface area contributed by atoms with Gasteiger partial charge in [0.1, 0.15) is 0 Å². The normalized spacial score (nSPS) is 9.95. The molecule has 0 unspecified atom stereocenters. The molecule has 1 heterocycles. The molecule has 0 radical (unpaired) electrons. The van der Waals surface area contributed by atoms with E-state index in [0.29, 0.717) is 11.4 Å². The number of anilines is 1. The summed E-state index contributed by atoms with van der Waals surface area (Å²) in [5.74, 6) is -0.422. The van der Waals surface area contributed by atoms with Crippen LogP contribution in [0.4, 0.5) is 11.4 Å². The third-order valence-electron chi connectivity index (χ3n) is 2.79. The third-order valence-corrected chi connectivity index (χ3v) is 2.79. The van der Waals surface area contributed by atoms with Crippen molar-refractivity contribution >= 4 is 17.3 Å². The number of rotatable bonds is 5. The summed E-state index contributed by atoms with van der Waals surface area (Å²) < 4.78 is 0. The molecule has 1 aromatic carbocycles. The number of hydrogen-bond acceptors (Lipinski definition) is 6. The van der Waals surface area contributed by atoms with Crippen LogP contribution in [0.3, 0.4) is 0 Å². The first-order valence-electron chi connectivity index (χ1n) is 6.13. The van der Waals surface area contributed by atoms with Crippen LogP contribution in [0.5, 0.6) is 0 Å². The highest BCUT2D eigenvalue weighted by atomic mass is 16.6. The molecule has 8 heteroatoms. The van der Waals surface area contributed by atoms with E-state index in [9.17, 15) is 14.9 Å². The van der Waals surface area contributed by atoms with E-state index in [1.165, 1.54) is 24.4 Å². The maximum Gasteiger partial charge on any atom is 0.270 e. The molecule has 0 aliphatic rings. The lowest BCUT2D eigenvalue weighted by atomic mass is 10.1. The number of benzene rings is 1. The van der Waals surface area contributed by atoms with Crippen LogP contribution in [0.25, 0.3) is 0 Å². The van der Waals surface area contributed by atoms with Gasteiger partial charge in [-0.3, -0.25) is 14.9 Å². The van der Waals surface area contributed by atoms with Gasteiger partial charge in [0.05, 0.1) is 22.7 Å². The molecule has 108 valence electrons. The molecule has 2 N–H and O–H groups in total. The molecule has 8 nitrogen and oxygen atoms in total. The van der Waals surface area contributed by atoms with Gasteiger partial charge < -0.3 is 10.6 Å². The monoisotopic (exact) mass is 287 g/mol. The average Bonchev–Trinajstić information content (AvgIpc) is 2.52. The van der Waals surface area contributed by atoms with Gasteiger partial charge in [-0.25, -0.2) is 0 Å². The highest BCUT2D eigenvalue weighted by Gasteiger charge is 2.16. The Kier molecular flexibility index (Phi) is 4.39. The van der Waals surface area contributed by atoms with Crippen molar-refractivity contribution in [1.29, 1.82) is 0 Å². The van der Waals surface area contributed by atoms with E-state index < -0.39 is 10.8 Å². The van der Waals surface area contributed by atoms with E-state index >= 15 is 0 Å². The Morgan fingerprint density at radius 2 is 2.19 bits per heavy atom. The van der Waals surface area contributed by atoms with Crippen LogP contribution >= 0.6 is 0 Å². The Bertz CT molecular complexity index is 660. The van der Waals surface area contributed by atoms with Crippen molar-refractivity contribution in [2.24, 2.45) is 0 Å². The van der Waals surface area contributed by atoms with Crippen molar-refractivity contribution in [3.8, 4) is 0 Å². The summed E-state index contributed by atoms with van der Waals surface area (Å²) in [6, 6.07) is 7.50. The minimum Gasteiger partial charge on any atom is -0.387 e. The van der Waals surface area contributed by atoms with E-state index in [0.717, 1.165) is 0 Å². The van der Waals surface area contributed by atoms with Crippen LogP contribution in [-0.2, 0) is 6.54 Å². The number of nitro benzene ring substituents is 1. The van der Waals surface area contributed by atoms with E-state index in [1.54, 1.807) is 19.2 Å². The van der Waals surface area contributed by atoms with Crippen molar-refractivity contribution in [2.75, 3.05) is 12.4 Å². The predicted octanol–water partition coefficient (Wildman–Crippen LogP) is 1.36. The molecule has 0 aliphatic carbocycles. The zero-order valence-corrected chi connectivity index (χ0v) is 11.2. The summed E-state index contributed by atoms with van der Waals surface area (Å²) in [6.07, 6.45) is 1.53. The lowest BCUT2D eigenvalue weighted by Gasteiger charge is -2.09. The number of amides is 1. The minimum absolute atomic E-state index is 0.140. The molecule has 0 saturated carbocycles. The van der Waals surface area contributed by atoms with Gasteiger partial charge in [-0.15, -0.1) is 0 Å². The fourth-order valence-corrected chi connectivity index (χ4v) is 1.75.